The van der Waals surface area contributed by atoms with Gasteiger partial charge in [0.15, 0.2) is 16.4 Å². The van der Waals surface area contributed by atoms with Crippen LogP contribution >= 0.6 is 23.4 Å². The lowest BCUT2D eigenvalue weighted by Crippen LogP contribution is -2.09. The molecule has 0 amide bonds. The highest BCUT2D eigenvalue weighted by Crippen LogP contribution is 2.39. The fraction of sp³-hybridized carbons (Fsp3) is 0.133. The summed E-state index contributed by atoms with van der Waals surface area (Å²) in [5.74, 6) is -0.780. The number of carboxylic acids is 1. The van der Waals surface area contributed by atoms with Crippen LogP contribution in [0, 0.1) is 0 Å². The molecule has 0 fully saturated rings. The van der Waals surface area contributed by atoms with Gasteiger partial charge in [0.2, 0.25) is 0 Å². The number of carbonyl (C=O) groups is 1. The van der Waals surface area contributed by atoms with Gasteiger partial charge in [-0.2, -0.15) is 0 Å². The van der Waals surface area contributed by atoms with Crippen molar-refractivity contribution in [3.63, 3.8) is 0 Å². The Morgan fingerprint density at radius 3 is 2.57 bits per heavy atom. The van der Waals surface area contributed by atoms with Crippen LogP contribution in [0.25, 0.3) is 0 Å². The third-order valence-corrected chi connectivity index (χ3v) is 5.36. The first kappa shape index (κ1) is 17.7. The normalized spacial score (nSPS) is 11.2. The zero-order valence-electron chi connectivity index (χ0n) is 12.0. The highest BCUT2D eigenvalue weighted by Gasteiger charge is 2.16. The number of ether oxygens (including phenoxy) is 1. The SMILES string of the molecule is CS(=O)(=O)c1ccccc1Sc1cc(Cl)ccc1OCC(=O)O. The number of benzene rings is 2. The summed E-state index contributed by atoms with van der Waals surface area (Å²) in [5, 5.41) is 9.16. The van der Waals surface area contributed by atoms with Gasteiger partial charge in [0, 0.05) is 16.2 Å². The Kier molecular flexibility index (Phi) is 5.56. The largest absolute Gasteiger partial charge is 0.481 e. The van der Waals surface area contributed by atoms with Crippen LogP contribution in [0.3, 0.4) is 0 Å². The van der Waals surface area contributed by atoms with E-state index >= 15 is 0 Å². The summed E-state index contributed by atoms with van der Waals surface area (Å²) >= 11 is 7.12. The maximum absolute atomic E-state index is 11.9. The fourth-order valence-corrected chi connectivity index (χ4v) is 4.32. The van der Waals surface area contributed by atoms with Crippen molar-refractivity contribution in [2.75, 3.05) is 12.9 Å². The summed E-state index contributed by atoms with van der Waals surface area (Å²) in [4.78, 5) is 11.9. The Hall–Kier alpha value is -1.70. The summed E-state index contributed by atoms with van der Waals surface area (Å²) in [6.07, 6.45) is 1.13. The molecule has 122 valence electrons. The molecule has 0 spiro atoms. The highest BCUT2D eigenvalue weighted by atomic mass is 35.5. The Balaban J connectivity index is 2.40. The molecule has 0 aliphatic carbocycles. The zero-order valence-corrected chi connectivity index (χ0v) is 14.4. The minimum atomic E-state index is -3.39. The second kappa shape index (κ2) is 7.25. The molecular formula is C15H13ClO5S2. The molecule has 2 aromatic rings. The van der Waals surface area contributed by atoms with Crippen LogP contribution in [0.15, 0.2) is 57.2 Å². The Morgan fingerprint density at radius 2 is 1.91 bits per heavy atom. The molecule has 0 aliphatic rings. The average Bonchev–Trinajstić information content (AvgIpc) is 2.45. The summed E-state index contributed by atoms with van der Waals surface area (Å²) in [6.45, 7) is -0.497. The third-order valence-electron chi connectivity index (χ3n) is 2.73. The average molecular weight is 373 g/mol. The van der Waals surface area contributed by atoms with Crippen LogP contribution < -0.4 is 4.74 Å². The first-order chi connectivity index (χ1) is 10.8. The number of hydrogen-bond donors (Lipinski definition) is 1. The molecule has 0 aromatic heterocycles. The lowest BCUT2D eigenvalue weighted by Gasteiger charge is -2.12. The molecule has 8 heteroatoms. The predicted molar refractivity (Wildman–Crippen MR) is 88.3 cm³/mol. The van der Waals surface area contributed by atoms with Crippen molar-refractivity contribution in [2.24, 2.45) is 0 Å². The van der Waals surface area contributed by atoms with E-state index in [1.807, 2.05) is 0 Å². The van der Waals surface area contributed by atoms with Gasteiger partial charge < -0.3 is 9.84 Å². The van der Waals surface area contributed by atoms with E-state index in [0.717, 1.165) is 18.0 Å². The van der Waals surface area contributed by atoms with Crippen molar-refractivity contribution in [1.82, 2.24) is 0 Å². The van der Waals surface area contributed by atoms with Gasteiger partial charge in [0.25, 0.3) is 0 Å². The minimum Gasteiger partial charge on any atom is -0.481 e. The van der Waals surface area contributed by atoms with Crippen LogP contribution in [-0.4, -0.2) is 32.4 Å². The predicted octanol–water partition coefficient (Wildman–Crippen LogP) is 3.36. The molecule has 0 heterocycles. The summed E-state index contributed by atoms with van der Waals surface area (Å²) < 4.78 is 28.9. The number of halogens is 1. The van der Waals surface area contributed by atoms with Crippen molar-refractivity contribution in [3.05, 3.63) is 47.5 Å². The van der Waals surface area contributed by atoms with E-state index < -0.39 is 22.4 Å². The standard InChI is InChI=1S/C15H13ClO5S2/c1-23(19,20)14-5-3-2-4-12(14)22-13-8-10(16)6-7-11(13)21-9-15(17)18/h2-8H,9H2,1H3,(H,17,18). The first-order valence-electron chi connectivity index (χ1n) is 6.38. The van der Waals surface area contributed by atoms with E-state index in [1.54, 1.807) is 36.4 Å². The Morgan fingerprint density at radius 1 is 1.22 bits per heavy atom. The van der Waals surface area contributed by atoms with E-state index in [4.69, 9.17) is 21.4 Å². The first-order valence-corrected chi connectivity index (χ1v) is 9.47. The Labute approximate surface area is 143 Å². The van der Waals surface area contributed by atoms with Crippen molar-refractivity contribution in [2.45, 2.75) is 14.7 Å². The van der Waals surface area contributed by atoms with E-state index in [-0.39, 0.29) is 4.90 Å². The van der Waals surface area contributed by atoms with Gasteiger partial charge in [-0.3, -0.25) is 0 Å². The maximum atomic E-state index is 11.9. The van der Waals surface area contributed by atoms with Crippen LogP contribution in [0.2, 0.25) is 5.02 Å². The van der Waals surface area contributed by atoms with Crippen molar-refractivity contribution in [3.8, 4) is 5.75 Å². The van der Waals surface area contributed by atoms with Crippen molar-refractivity contribution in [1.29, 1.82) is 0 Å². The molecular weight excluding hydrogens is 360 g/mol. The number of sulfone groups is 1. The molecule has 23 heavy (non-hydrogen) atoms. The van der Waals surface area contributed by atoms with Gasteiger partial charge >= 0.3 is 5.97 Å². The van der Waals surface area contributed by atoms with E-state index in [2.05, 4.69) is 0 Å². The molecule has 0 radical (unpaired) electrons. The van der Waals surface area contributed by atoms with Gasteiger partial charge in [-0.15, -0.1) is 0 Å². The minimum absolute atomic E-state index is 0.189. The zero-order chi connectivity index (χ0) is 17.0. The Bertz CT molecular complexity index is 834. The van der Waals surface area contributed by atoms with E-state index in [0.29, 0.717) is 20.6 Å². The van der Waals surface area contributed by atoms with E-state index in [1.165, 1.54) is 6.07 Å². The smallest absolute Gasteiger partial charge is 0.341 e. The van der Waals surface area contributed by atoms with E-state index in [9.17, 15) is 13.2 Å². The lowest BCUT2D eigenvalue weighted by atomic mass is 10.3. The number of carboxylic acid groups (broad SMARTS) is 1. The molecule has 2 rings (SSSR count). The van der Waals surface area contributed by atoms with Crippen LogP contribution in [0.1, 0.15) is 0 Å². The monoisotopic (exact) mass is 372 g/mol. The van der Waals surface area contributed by atoms with Crippen LogP contribution in [0.5, 0.6) is 5.75 Å². The summed E-state index contributed by atoms with van der Waals surface area (Å²) in [6, 6.07) is 11.3. The topological polar surface area (TPSA) is 80.7 Å². The maximum Gasteiger partial charge on any atom is 0.341 e. The summed E-state index contributed by atoms with van der Waals surface area (Å²) in [5.41, 5.74) is 0. The lowest BCUT2D eigenvalue weighted by molar-refractivity contribution is -0.139. The van der Waals surface area contributed by atoms with Crippen LogP contribution in [-0.2, 0) is 14.6 Å². The van der Waals surface area contributed by atoms with Crippen LogP contribution in [0.4, 0.5) is 0 Å². The fourth-order valence-electron chi connectivity index (χ4n) is 1.78. The van der Waals surface area contributed by atoms with Gasteiger partial charge in [-0.05, 0) is 30.3 Å². The van der Waals surface area contributed by atoms with Crippen molar-refractivity contribution >= 4 is 39.2 Å². The van der Waals surface area contributed by atoms with Gasteiger partial charge in [-0.25, -0.2) is 13.2 Å². The number of rotatable bonds is 6. The van der Waals surface area contributed by atoms with Gasteiger partial charge in [0.1, 0.15) is 5.75 Å². The second-order valence-electron chi connectivity index (χ2n) is 4.59. The number of aliphatic carboxylic acids is 1. The molecule has 5 nitrogen and oxygen atoms in total. The molecule has 0 atom stereocenters. The molecule has 2 aromatic carbocycles. The molecule has 0 aliphatic heterocycles. The number of hydrogen-bond acceptors (Lipinski definition) is 5. The molecule has 1 N–H and O–H groups in total. The molecule has 0 saturated heterocycles. The molecule has 0 bridgehead atoms. The quantitative estimate of drug-likeness (QED) is 0.837. The second-order valence-corrected chi connectivity index (χ2v) is 8.10. The van der Waals surface area contributed by atoms with Gasteiger partial charge in [-0.1, -0.05) is 35.5 Å². The molecule has 0 unspecified atom stereocenters. The van der Waals surface area contributed by atoms with Gasteiger partial charge in [0.05, 0.1) is 9.79 Å². The molecule has 0 saturated carbocycles. The summed E-state index contributed by atoms with van der Waals surface area (Å²) in [7, 11) is -3.39. The highest BCUT2D eigenvalue weighted by molar-refractivity contribution is 8.00. The van der Waals surface area contributed by atoms with Crippen molar-refractivity contribution < 1.29 is 23.1 Å². The third kappa shape index (κ3) is 4.89.